The van der Waals surface area contributed by atoms with E-state index in [0.717, 1.165) is 11.1 Å². The molecule has 0 saturated heterocycles. The predicted molar refractivity (Wildman–Crippen MR) is 80.5 cm³/mol. The molecule has 0 amide bonds. The van der Waals surface area contributed by atoms with Gasteiger partial charge in [-0.1, -0.05) is 47.5 Å². The Hall–Kier alpha value is -1.97. The second kappa shape index (κ2) is 5.99. The SMILES string of the molecule is O=C(O)c1ccc(C=Cc2cc(Cl)c(O)c(Cl)c2)cc1. The Balaban J connectivity index is 2.23. The van der Waals surface area contributed by atoms with Gasteiger partial charge in [0.25, 0.3) is 0 Å². The van der Waals surface area contributed by atoms with Gasteiger partial charge in [-0.2, -0.15) is 0 Å². The molecule has 0 aliphatic carbocycles. The normalized spacial score (nSPS) is 10.9. The zero-order valence-electron chi connectivity index (χ0n) is 10.2. The number of carbonyl (C=O) groups is 1. The van der Waals surface area contributed by atoms with Crippen LogP contribution in [0.4, 0.5) is 0 Å². The van der Waals surface area contributed by atoms with E-state index in [9.17, 15) is 9.90 Å². The van der Waals surface area contributed by atoms with E-state index in [2.05, 4.69) is 0 Å². The number of hydrogen-bond acceptors (Lipinski definition) is 2. The molecule has 0 bridgehead atoms. The van der Waals surface area contributed by atoms with Crippen LogP contribution in [0.25, 0.3) is 12.2 Å². The first-order valence-corrected chi connectivity index (χ1v) is 6.42. The highest BCUT2D eigenvalue weighted by atomic mass is 35.5. The number of aromatic carboxylic acids is 1. The molecule has 2 aromatic rings. The first-order chi connectivity index (χ1) is 9.47. The van der Waals surface area contributed by atoms with Gasteiger partial charge < -0.3 is 10.2 Å². The number of halogens is 2. The molecule has 2 rings (SSSR count). The minimum absolute atomic E-state index is 0.142. The number of carboxylic acids is 1. The smallest absolute Gasteiger partial charge is 0.335 e. The summed E-state index contributed by atoms with van der Waals surface area (Å²) in [6, 6.07) is 9.63. The summed E-state index contributed by atoms with van der Waals surface area (Å²) in [5.74, 6) is -1.10. The fraction of sp³-hybridized carbons (Fsp3) is 0. The molecule has 5 heteroatoms. The van der Waals surface area contributed by atoms with Gasteiger partial charge in [0.1, 0.15) is 0 Å². The van der Waals surface area contributed by atoms with Gasteiger partial charge in [0, 0.05) is 0 Å². The number of phenolic OH excluding ortho intramolecular Hbond substituents is 1. The third-order valence-electron chi connectivity index (χ3n) is 2.67. The van der Waals surface area contributed by atoms with E-state index < -0.39 is 5.97 Å². The van der Waals surface area contributed by atoms with E-state index >= 15 is 0 Å². The van der Waals surface area contributed by atoms with Crippen molar-refractivity contribution in [3.63, 3.8) is 0 Å². The van der Waals surface area contributed by atoms with Crippen LogP contribution in [0, 0.1) is 0 Å². The molecule has 3 nitrogen and oxygen atoms in total. The maximum atomic E-state index is 10.7. The summed E-state index contributed by atoms with van der Waals surface area (Å²) in [4.78, 5) is 10.7. The first-order valence-electron chi connectivity index (χ1n) is 5.67. The number of benzene rings is 2. The van der Waals surface area contributed by atoms with E-state index in [0.29, 0.717) is 0 Å². The second-order valence-corrected chi connectivity index (χ2v) is 4.91. The van der Waals surface area contributed by atoms with Crippen LogP contribution < -0.4 is 0 Å². The number of rotatable bonds is 3. The molecule has 102 valence electrons. The minimum atomic E-state index is -0.961. The summed E-state index contributed by atoms with van der Waals surface area (Å²) >= 11 is 11.6. The highest BCUT2D eigenvalue weighted by molar-refractivity contribution is 6.37. The fourth-order valence-electron chi connectivity index (χ4n) is 1.61. The van der Waals surface area contributed by atoms with Crippen molar-refractivity contribution in [3.8, 4) is 5.75 Å². The highest BCUT2D eigenvalue weighted by Crippen LogP contribution is 2.33. The topological polar surface area (TPSA) is 57.5 Å². The Bertz CT molecular complexity index is 653. The molecule has 0 aromatic heterocycles. The van der Waals surface area contributed by atoms with Gasteiger partial charge in [0.15, 0.2) is 5.75 Å². The van der Waals surface area contributed by atoms with Gasteiger partial charge in [-0.3, -0.25) is 0 Å². The van der Waals surface area contributed by atoms with Crippen LogP contribution in [-0.4, -0.2) is 16.2 Å². The summed E-state index contributed by atoms with van der Waals surface area (Å²) in [5.41, 5.74) is 1.81. The Morgan fingerprint density at radius 3 is 1.95 bits per heavy atom. The van der Waals surface area contributed by atoms with Crippen LogP contribution in [0.1, 0.15) is 21.5 Å². The number of hydrogen-bond donors (Lipinski definition) is 2. The Morgan fingerprint density at radius 2 is 1.45 bits per heavy atom. The number of carboxylic acid groups (broad SMARTS) is 1. The van der Waals surface area contributed by atoms with E-state index in [1.165, 1.54) is 12.1 Å². The van der Waals surface area contributed by atoms with E-state index in [1.54, 1.807) is 36.4 Å². The van der Waals surface area contributed by atoms with Crippen LogP contribution in [-0.2, 0) is 0 Å². The van der Waals surface area contributed by atoms with Crippen molar-refractivity contribution >= 4 is 41.3 Å². The second-order valence-electron chi connectivity index (χ2n) is 4.09. The van der Waals surface area contributed by atoms with Gasteiger partial charge in [-0.25, -0.2) is 4.79 Å². The summed E-state index contributed by atoms with van der Waals surface area (Å²) in [6.07, 6.45) is 3.57. The molecule has 0 aliphatic rings. The van der Waals surface area contributed by atoms with E-state index in [-0.39, 0.29) is 21.4 Å². The van der Waals surface area contributed by atoms with Crippen molar-refractivity contribution in [2.24, 2.45) is 0 Å². The van der Waals surface area contributed by atoms with Crippen molar-refractivity contribution in [2.75, 3.05) is 0 Å². The number of phenols is 1. The molecule has 2 N–H and O–H groups in total. The van der Waals surface area contributed by atoms with Crippen LogP contribution in [0.5, 0.6) is 5.75 Å². The van der Waals surface area contributed by atoms with Crippen LogP contribution in [0.3, 0.4) is 0 Å². The lowest BCUT2D eigenvalue weighted by molar-refractivity contribution is 0.0697. The molecule has 0 fully saturated rings. The molecule has 0 heterocycles. The summed E-state index contributed by atoms with van der Waals surface area (Å²) in [7, 11) is 0. The third-order valence-corrected chi connectivity index (χ3v) is 3.24. The highest BCUT2D eigenvalue weighted by Gasteiger charge is 2.05. The molecule has 0 saturated carbocycles. The Morgan fingerprint density at radius 1 is 0.950 bits per heavy atom. The van der Waals surface area contributed by atoms with Crippen LogP contribution >= 0.6 is 23.2 Å². The zero-order valence-corrected chi connectivity index (χ0v) is 11.7. The Labute approximate surface area is 125 Å². The summed E-state index contributed by atoms with van der Waals surface area (Å²) < 4.78 is 0. The molecule has 2 aromatic carbocycles. The lowest BCUT2D eigenvalue weighted by Crippen LogP contribution is -1.94. The van der Waals surface area contributed by atoms with Crippen molar-refractivity contribution in [1.29, 1.82) is 0 Å². The average Bonchev–Trinajstić information content (AvgIpc) is 2.42. The quantitative estimate of drug-likeness (QED) is 0.817. The molecule has 0 unspecified atom stereocenters. The van der Waals surface area contributed by atoms with Gasteiger partial charge in [0.2, 0.25) is 0 Å². The number of aromatic hydroxyl groups is 1. The predicted octanol–water partition coefficient (Wildman–Crippen LogP) is 4.57. The van der Waals surface area contributed by atoms with Crippen molar-refractivity contribution in [2.45, 2.75) is 0 Å². The zero-order chi connectivity index (χ0) is 14.7. The Kier molecular flexibility index (Phi) is 4.32. The molecular formula is C15H10Cl2O3. The minimum Gasteiger partial charge on any atom is -0.505 e. The van der Waals surface area contributed by atoms with Crippen molar-refractivity contribution < 1.29 is 15.0 Å². The maximum Gasteiger partial charge on any atom is 0.335 e. The first kappa shape index (κ1) is 14.4. The van der Waals surface area contributed by atoms with Crippen molar-refractivity contribution in [1.82, 2.24) is 0 Å². The van der Waals surface area contributed by atoms with Gasteiger partial charge in [-0.15, -0.1) is 0 Å². The lowest BCUT2D eigenvalue weighted by Gasteiger charge is -2.02. The van der Waals surface area contributed by atoms with E-state index in [1.807, 2.05) is 0 Å². The standard InChI is InChI=1S/C15H10Cl2O3/c16-12-7-10(8-13(17)14(12)18)2-1-9-3-5-11(6-4-9)15(19)20/h1-8,18H,(H,19,20). The van der Waals surface area contributed by atoms with E-state index in [4.69, 9.17) is 28.3 Å². The van der Waals surface area contributed by atoms with Crippen molar-refractivity contribution in [3.05, 3.63) is 63.1 Å². The van der Waals surface area contributed by atoms with Gasteiger partial charge in [-0.05, 0) is 35.4 Å². The molecule has 20 heavy (non-hydrogen) atoms. The van der Waals surface area contributed by atoms with Gasteiger partial charge >= 0.3 is 5.97 Å². The average molecular weight is 309 g/mol. The lowest BCUT2D eigenvalue weighted by atomic mass is 10.1. The maximum absolute atomic E-state index is 10.7. The molecule has 0 atom stereocenters. The fourth-order valence-corrected chi connectivity index (χ4v) is 2.11. The summed E-state index contributed by atoms with van der Waals surface area (Å²) in [6.45, 7) is 0. The summed E-state index contributed by atoms with van der Waals surface area (Å²) in [5, 5.41) is 18.6. The molecule has 0 spiro atoms. The molecular weight excluding hydrogens is 299 g/mol. The monoisotopic (exact) mass is 308 g/mol. The van der Waals surface area contributed by atoms with Gasteiger partial charge in [0.05, 0.1) is 15.6 Å². The molecule has 0 aliphatic heterocycles. The molecule has 0 radical (unpaired) electrons. The largest absolute Gasteiger partial charge is 0.505 e. The van der Waals surface area contributed by atoms with Crippen LogP contribution in [0.15, 0.2) is 36.4 Å². The van der Waals surface area contributed by atoms with Crippen LogP contribution in [0.2, 0.25) is 10.0 Å². The third kappa shape index (κ3) is 3.32.